The molecule has 1 saturated heterocycles. The Morgan fingerprint density at radius 3 is 2.54 bits per heavy atom. The molecule has 4 heteroatoms. The fraction of sp³-hybridized carbons (Fsp3) is 0.700. The van der Waals surface area contributed by atoms with E-state index in [1.54, 1.807) is 7.11 Å². The molecule has 2 heterocycles. The molecule has 132 valence electrons. The van der Waals surface area contributed by atoms with Gasteiger partial charge in [-0.05, 0) is 43.5 Å². The molecule has 0 aromatic heterocycles. The summed E-state index contributed by atoms with van der Waals surface area (Å²) in [5.41, 5.74) is 4.32. The number of hydrogen-bond acceptors (Lipinski definition) is 4. The summed E-state index contributed by atoms with van der Waals surface area (Å²) in [6.45, 7) is 6.80. The molecule has 1 saturated carbocycles. The van der Waals surface area contributed by atoms with Gasteiger partial charge in [-0.25, -0.2) is 0 Å². The predicted octanol–water partition coefficient (Wildman–Crippen LogP) is 2.80. The molecule has 3 aliphatic rings. The molecule has 1 aromatic rings. The van der Waals surface area contributed by atoms with Crippen molar-refractivity contribution in [2.75, 3.05) is 44.7 Å². The molecule has 0 bridgehead atoms. The lowest BCUT2D eigenvalue weighted by atomic mass is 9.93. The second kappa shape index (κ2) is 7.32. The largest absolute Gasteiger partial charge is 0.496 e. The second-order valence-corrected chi connectivity index (χ2v) is 7.49. The van der Waals surface area contributed by atoms with E-state index in [0.29, 0.717) is 0 Å². The van der Waals surface area contributed by atoms with Crippen LogP contribution >= 0.6 is 0 Å². The Hall–Kier alpha value is -1.26. The van der Waals surface area contributed by atoms with E-state index in [4.69, 9.17) is 4.74 Å². The van der Waals surface area contributed by atoms with E-state index in [0.717, 1.165) is 44.4 Å². The maximum atomic E-state index is 5.60. The Balaban J connectivity index is 1.47. The summed E-state index contributed by atoms with van der Waals surface area (Å²) in [5.74, 6) is 1.07. The normalized spacial score (nSPS) is 23.1. The highest BCUT2D eigenvalue weighted by atomic mass is 16.5. The Morgan fingerprint density at radius 1 is 1.00 bits per heavy atom. The summed E-state index contributed by atoms with van der Waals surface area (Å²) in [6, 6.07) is 5.31. The zero-order valence-electron chi connectivity index (χ0n) is 15.0. The van der Waals surface area contributed by atoms with Crippen molar-refractivity contribution in [2.45, 2.75) is 51.1 Å². The van der Waals surface area contributed by atoms with Crippen LogP contribution in [-0.2, 0) is 13.0 Å². The highest BCUT2D eigenvalue weighted by Crippen LogP contribution is 2.34. The quantitative estimate of drug-likeness (QED) is 0.923. The first kappa shape index (κ1) is 16.2. The summed E-state index contributed by atoms with van der Waals surface area (Å²) in [4.78, 5) is 5.36. The molecule has 2 aliphatic heterocycles. The van der Waals surface area contributed by atoms with Gasteiger partial charge in [0.25, 0.3) is 0 Å². The number of methoxy groups -OCH3 is 1. The SMILES string of the molecule is COc1ccc(N2CCN(C3CCCCC3)CC2)c2c1CCNC2. The molecule has 4 rings (SSSR count). The molecule has 1 N–H and O–H groups in total. The van der Waals surface area contributed by atoms with Gasteiger partial charge in [0, 0.05) is 50.0 Å². The highest BCUT2D eigenvalue weighted by molar-refractivity contribution is 5.62. The van der Waals surface area contributed by atoms with Crippen molar-refractivity contribution in [3.63, 3.8) is 0 Å². The third-order valence-corrected chi connectivity index (χ3v) is 6.18. The molecule has 1 aliphatic carbocycles. The summed E-state index contributed by atoms with van der Waals surface area (Å²) < 4.78 is 5.60. The van der Waals surface area contributed by atoms with Gasteiger partial charge in [0.05, 0.1) is 7.11 Å². The van der Waals surface area contributed by atoms with Gasteiger partial charge in [0.1, 0.15) is 5.75 Å². The van der Waals surface area contributed by atoms with Crippen LogP contribution < -0.4 is 15.0 Å². The lowest BCUT2D eigenvalue weighted by molar-refractivity contribution is 0.148. The lowest BCUT2D eigenvalue weighted by Crippen LogP contribution is -2.51. The highest BCUT2D eigenvalue weighted by Gasteiger charge is 2.27. The number of piperazine rings is 1. The lowest BCUT2D eigenvalue weighted by Gasteiger charge is -2.42. The molecule has 24 heavy (non-hydrogen) atoms. The standard InChI is InChI=1S/C20H31N3O/c1-24-20-8-7-19(18-15-21-10-9-17(18)20)23-13-11-22(12-14-23)16-5-3-2-4-6-16/h7-8,16,21H,2-6,9-15H2,1H3. The van der Waals surface area contributed by atoms with Crippen LogP contribution in [0, 0.1) is 0 Å². The van der Waals surface area contributed by atoms with Gasteiger partial charge in [-0.2, -0.15) is 0 Å². The van der Waals surface area contributed by atoms with Gasteiger partial charge in [-0.3, -0.25) is 4.90 Å². The van der Waals surface area contributed by atoms with Crippen molar-refractivity contribution in [3.05, 3.63) is 23.3 Å². The van der Waals surface area contributed by atoms with Crippen LogP contribution in [0.5, 0.6) is 5.75 Å². The van der Waals surface area contributed by atoms with Crippen molar-refractivity contribution in [1.29, 1.82) is 0 Å². The average Bonchev–Trinajstić information content (AvgIpc) is 2.68. The number of ether oxygens (including phenoxy) is 1. The number of hydrogen-bond donors (Lipinski definition) is 1. The minimum absolute atomic E-state index is 0.854. The monoisotopic (exact) mass is 329 g/mol. The molecule has 0 amide bonds. The van der Waals surface area contributed by atoms with Gasteiger partial charge in [-0.15, -0.1) is 0 Å². The fourth-order valence-electron chi connectivity index (χ4n) is 4.82. The molecule has 1 aromatic carbocycles. The number of nitrogens with zero attached hydrogens (tertiary/aromatic N) is 2. The zero-order valence-corrected chi connectivity index (χ0v) is 15.0. The van der Waals surface area contributed by atoms with E-state index in [-0.39, 0.29) is 0 Å². The van der Waals surface area contributed by atoms with Gasteiger partial charge in [-0.1, -0.05) is 19.3 Å². The topological polar surface area (TPSA) is 27.7 Å². The Kier molecular flexibility index (Phi) is 4.95. The molecule has 0 unspecified atom stereocenters. The van der Waals surface area contributed by atoms with Crippen molar-refractivity contribution in [3.8, 4) is 5.75 Å². The summed E-state index contributed by atoms with van der Waals surface area (Å²) in [6.07, 6.45) is 8.23. The van der Waals surface area contributed by atoms with Crippen molar-refractivity contribution in [2.24, 2.45) is 0 Å². The second-order valence-electron chi connectivity index (χ2n) is 7.49. The summed E-state index contributed by atoms with van der Waals surface area (Å²) in [5, 5.41) is 3.54. The van der Waals surface area contributed by atoms with E-state index in [9.17, 15) is 0 Å². The predicted molar refractivity (Wildman–Crippen MR) is 99.1 cm³/mol. The molecule has 0 atom stereocenters. The number of rotatable bonds is 3. The van der Waals surface area contributed by atoms with Gasteiger partial charge >= 0.3 is 0 Å². The Bertz CT molecular complexity index is 560. The van der Waals surface area contributed by atoms with E-state index < -0.39 is 0 Å². The van der Waals surface area contributed by atoms with Gasteiger partial charge < -0.3 is 15.0 Å². The summed E-state index contributed by atoms with van der Waals surface area (Å²) in [7, 11) is 1.79. The third-order valence-electron chi connectivity index (χ3n) is 6.18. The number of benzene rings is 1. The minimum atomic E-state index is 0.854. The first-order valence-corrected chi connectivity index (χ1v) is 9.75. The summed E-state index contributed by atoms with van der Waals surface area (Å²) >= 11 is 0. The van der Waals surface area contributed by atoms with E-state index in [2.05, 4.69) is 27.2 Å². The van der Waals surface area contributed by atoms with Crippen LogP contribution in [-0.4, -0.2) is 50.8 Å². The van der Waals surface area contributed by atoms with Crippen LogP contribution in [0.25, 0.3) is 0 Å². The molecular weight excluding hydrogens is 298 g/mol. The molecule has 4 nitrogen and oxygen atoms in total. The van der Waals surface area contributed by atoms with E-state index >= 15 is 0 Å². The van der Waals surface area contributed by atoms with Crippen molar-refractivity contribution in [1.82, 2.24) is 10.2 Å². The van der Waals surface area contributed by atoms with Crippen LogP contribution in [0.15, 0.2) is 12.1 Å². The van der Waals surface area contributed by atoms with Crippen LogP contribution in [0.3, 0.4) is 0 Å². The fourth-order valence-corrected chi connectivity index (χ4v) is 4.82. The first-order valence-electron chi connectivity index (χ1n) is 9.75. The maximum absolute atomic E-state index is 5.60. The maximum Gasteiger partial charge on any atom is 0.122 e. The zero-order chi connectivity index (χ0) is 16.4. The van der Waals surface area contributed by atoms with Crippen molar-refractivity contribution >= 4 is 5.69 Å². The Labute approximate surface area is 146 Å². The van der Waals surface area contributed by atoms with Gasteiger partial charge in [0.2, 0.25) is 0 Å². The molecule has 0 radical (unpaired) electrons. The van der Waals surface area contributed by atoms with Gasteiger partial charge in [0.15, 0.2) is 0 Å². The number of nitrogens with one attached hydrogen (secondary N) is 1. The number of fused-ring (bicyclic) bond motifs is 1. The first-order chi connectivity index (χ1) is 11.9. The van der Waals surface area contributed by atoms with E-state index in [1.165, 1.54) is 62.0 Å². The van der Waals surface area contributed by atoms with Crippen LogP contribution in [0.4, 0.5) is 5.69 Å². The average molecular weight is 329 g/mol. The molecule has 2 fully saturated rings. The smallest absolute Gasteiger partial charge is 0.122 e. The van der Waals surface area contributed by atoms with E-state index in [1.807, 2.05) is 0 Å². The third kappa shape index (κ3) is 3.14. The molecule has 0 spiro atoms. The molecular formula is C20H31N3O. The van der Waals surface area contributed by atoms with Crippen LogP contribution in [0.1, 0.15) is 43.2 Å². The Morgan fingerprint density at radius 2 is 1.79 bits per heavy atom. The van der Waals surface area contributed by atoms with Crippen LogP contribution in [0.2, 0.25) is 0 Å². The number of anilines is 1. The minimum Gasteiger partial charge on any atom is -0.496 e. The van der Waals surface area contributed by atoms with Crippen molar-refractivity contribution < 1.29 is 4.74 Å².